The van der Waals surface area contributed by atoms with Crippen molar-refractivity contribution < 1.29 is 0 Å². The first kappa shape index (κ1) is 15.1. The Morgan fingerprint density at radius 2 is 1.35 bits per heavy atom. The van der Waals surface area contributed by atoms with Crippen molar-refractivity contribution in [1.29, 1.82) is 0 Å². The molecule has 0 aliphatic carbocycles. The minimum Gasteiger partial charge on any atom is -0.0843 e. The van der Waals surface area contributed by atoms with E-state index in [1.165, 1.54) is 23.1 Å². The van der Waals surface area contributed by atoms with Crippen LogP contribution < -0.4 is 0 Å². The van der Waals surface area contributed by atoms with E-state index in [0.29, 0.717) is 11.8 Å². The molecule has 106 valence electrons. The molecule has 0 bridgehead atoms. The topological polar surface area (TPSA) is 0 Å². The number of hydrogen-bond acceptors (Lipinski definition) is 0. The predicted molar refractivity (Wildman–Crippen MR) is 88.7 cm³/mol. The summed E-state index contributed by atoms with van der Waals surface area (Å²) >= 11 is 5.93. The number of aryl methyl sites for hydroxylation is 1. The number of benzene rings is 2. The highest BCUT2D eigenvalue weighted by atomic mass is 35.5. The van der Waals surface area contributed by atoms with Gasteiger partial charge in [0.2, 0.25) is 0 Å². The second-order valence-electron chi connectivity index (χ2n) is 5.89. The largest absolute Gasteiger partial charge is 0.0843 e. The van der Waals surface area contributed by atoms with Crippen LogP contribution in [0.25, 0.3) is 0 Å². The van der Waals surface area contributed by atoms with Crippen LogP contribution in [0.5, 0.6) is 0 Å². The van der Waals surface area contributed by atoms with Gasteiger partial charge in [-0.3, -0.25) is 0 Å². The highest BCUT2D eigenvalue weighted by Gasteiger charge is 2.06. The van der Waals surface area contributed by atoms with E-state index >= 15 is 0 Å². The fourth-order valence-electron chi connectivity index (χ4n) is 2.41. The Morgan fingerprint density at radius 1 is 0.800 bits per heavy atom. The molecular formula is C19H23Cl. The summed E-state index contributed by atoms with van der Waals surface area (Å²) in [7, 11) is 0. The normalized spacial score (nSPS) is 12.7. The first-order valence-corrected chi connectivity index (χ1v) is 7.78. The third-order valence-corrected chi connectivity index (χ3v) is 4.20. The van der Waals surface area contributed by atoms with Gasteiger partial charge in [-0.15, -0.1) is 0 Å². The van der Waals surface area contributed by atoms with Crippen LogP contribution in [0.4, 0.5) is 0 Å². The van der Waals surface area contributed by atoms with Crippen LogP contribution in [0.1, 0.15) is 55.7 Å². The first-order valence-electron chi connectivity index (χ1n) is 7.40. The molecule has 1 heteroatoms. The molecule has 20 heavy (non-hydrogen) atoms. The summed E-state index contributed by atoms with van der Waals surface area (Å²) in [5.41, 5.74) is 4.21. The Kier molecular flexibility index (Phi) is 5.25. The van der Waals surface area contributed by atoms with Crippen LogP contribution in [0.3, 0.4) is 0 Å². The van der Waals surface area contributed by atoms with Gasteiger partial charge < -0.3 is 0 Å². The zero-order chi connectivity index (χ0) is 14.5. The smallest absolute Gasteiger partial charge is 0.0406 e. The minimum absolute atomic E-state index is 0.567. The van der Waals surface area contributed by atoms with Gasteiger partial charge in [0.15, 0.2) is 0 Å². The van der Waals surface area contributed by atoms with Crippen molar-refractivity contribution >= 4 is 11.6 Å². The monoisotopic (exact) mass is 286 g/mol. The SMILES string of the molecule is CC(C)c1ccc(CCC(C)c2ccc(Cl)cc2)cc1. The second-order valence-corrected chi connectivity index (χ2v) is 6.32. The zero-order valence-corrected chi connectivity index (χ0v) is 13.3. The first-order chi connectivity index (χ1) is 9.56. The van der Waals surface area contributed by atoms with Gasteiger partial charge in [-0.2, -0.15) is 0 Å². The number of rotatable bonds is 5. The van der Waals surface area contributed by atoms with Gasteiger partial charge in [0.1, 0.15) is 0 Å². The maximum atomic E-state index is 5.93. The molecule has 2 rings (SSSR count). The van der Waals surface area contributed by atoms with Crippen LogP contribution >= 0.6 is 11.6 Å². The lowest BCUT2D eigenvalue weighted by Gasteiger charge is -2.12. The number of halogens is 1. The van der Waals surface area contributed by atoms with Gasteiger partial charge in [-0.1, -0.05) is 68.8 Å². The van der Waals surface area contributed by atoms with Gasteiger partial charge in [0.05, 0.1) is 0 Å². The highest BCUT2D eigenvalue weighted by molar-refractivity contribution is 6.30. The third-order valence-electron chi connectivity index (χ3n) is 3.95. The molecule has 1 unspecified atom stereocenters. The van der Waals surface area contributed by atoms with E-state index < -0.39 is 0 Å². The van der Waals surface area contributed by atoms with Crippen molar-refractivity contribution in [3.63, 3.8) is 0 Å². The quantitative estimate of drug-likeness (QED) is 0.614. The fraction of sp³-hybridized carbons (Fsp3) is 0.368. The van der Waals surface area contributed by atoms with Crippen molar-refractivity contribution in [2.75, 3.05) is 0 Å². The van der Waals surface area contributed by atoms with Crippen molar-refractivity contribution in [3.05, 3.63) is 70.2 Å². The van der Waals surface area contributed by atoms with Crippen LogP contribution in [0, 0.1) is 0 Å². The second kappa shape index (κ2) is 6.95. The molecule has 0 aliphatic heterocycles. The maximum absolute atomic E-state index is 5.93. The van der Waals surface area contributed by atoms with Crippen LogP contribution in [-0.4, -0.2) is 0 Å². The fourth-order valence-corrected chi connectivity index (χ4v) is 2.54. The lowest BCUT2D eigenvalue weighted by molar-refractivity contribution is 0.679. The van der Waals surface area contributed by atoms with Gasteiger partial charge in [-0.25, -0.2) is 0 Å². The van der Waals surface area contributed by atoms with Crippen LogP contribution in [0.2, 0.25) is 5.02 Å². The molecule has 0 nitrogen and oxygen atoms in total. The van der Waals surface area contributed by atoms with Crippen LogP contribution in [0.15, 0.2) is 48.5 Å². The molecule has 1 atom stereocenters. The maximum Gasteiger partial charge on any atom is 0.0406 e. The van der Waals surface area contributed by atoms with Crippen molar-refractivity contribution in [3.8, 4) is 0 Å². The van der Waals surface area contributed by atoms with Crippen molar-refractivity contribution in [1.82, 2.24) is 0 Å². The third kappa shape index (κ3) is 4.11. The van der Waals surface area contributed by atoms with Crippen molar-refractivity contribution in [2.45, 2.75) is 45.4 Å². The Hall–Kier alpha value is -1.27. The summed E-state index contributed by atoms with van der Waals surface area (Å²) in [5, 5.41) is 0.810. The van der Waals surface area contributed by atoms with E-state index in [-0.39, 0.29) is 0 Å². The van der Waals surface area contributed by atoms with E-state index in [1.807, 2.05) is 12.1 Å². The van der Waals surface area contributed by atoms with Crippen molar-refractivity contribution in [2.24, 2.45) is 0 Å². The summed E-state index contributed by atoms with van der Waals surface area (Å²) < 4.78 is 0. The molecule has 0 fully saturated rings. The molecule has 0 saturated heterocycles. The van der Waals surface area contributed by atoms with E-state index in [0.717, 1.165) is 11.4 Å². The molecule has 0 amide bonds. The summed E-state index contributed by atoms with van der Waals surface area (Å²) in [6, 6.07) is 17.3. The lowest BCUT2D eigenvalue weighted by atomic mass is 9.93. The van der Waals surface area contributed by atoms with E-state index in [2.05, 4.69) is 57.2 Å². The summed E-state index contributed by atoms with van der Waals surface area (Å²) in [4.78, 5) is 0. The molecule has 0 saturated carbocycles. The summed E-state index contributed by atoms with van der Waals surface area (Å²) in [6.07, 6.45) is 2.30. The molecule has 0 radical (unpaired) electrons. The Balaban J connectivity index is 1.92. The Labute approximate surface area is 127 Å². The molecular weight excluding hydrogens is 264 g/mol. The zero-order valence-electron chi connectivity index (χ0n) is 12.6. The lowest BCUT2D eigenvalue weighted by Crippen LogP contribution is -1.97. The summed E-state index contributed by atoms with van der Waals surface area (Å²) in [6.45, 7) is 6.75. The molecule has 2 aromatic carbocycles. The standard InChI is InChI=1S/C19H23Cl/c1-14(2)17-8-6-16(7-9-17)5-4-15(3)18-10-12-19(20)13-11-18/h6-15H,4-5H2,1-3H3. The highest BCUT2D eigenvalue weighted by Crippen LogP contribution is 2.23. The predicted octanol–water partition coefficient (Wildman–Crippen LogP) is 6.20. The minimum atomic E-state index is 0.567. The molecule has 0 N–H and O–H groups in total. The van der Waals surface area contributed by atoms with Gasteiger partial charge in [-0.05, 0) is 53.5 Å². The van der Waals surface area contributed by atoms with E-state index in [1.54, 1.807) is 0 Å². The van der Waals surface area contributed by atoms with E-state index in [9.17, 15) is 0 Å². The average Bonchev–Trinajstić information content (AvgIpc) is 2.46. The Bertz CT molecular complexity index is 523. The molecule has 0 aliphatic rings. The number of hydrogen-bond donors (Lipinski definition) is 0. The van der Waals surface area contributed by atoms with Gasteiger partial charge in [0.25, 0.3) is 0 Å². The molecule has 0 aromatic heterocycles. The van der Waals surface area contributed by atoms with Crippen LogP contribution in [-0.2, 0) is 6.42 Å². The summed E-state index contributed by atoms with van der Waals surface area (Å²) in [5.74, 6) is 1.18. The Morgan fingerprint density at radius 3 is 1.90 bits per heavy atom. The van der Waals surface area contributed by atoms with E-state index in [4.69, 9.17) is 11.6 Å². The molecule has 0 spiro atoms. The van der Waals surface area contributed by atoms with Gasteiger partial charge >= 0.3 is 0 Å². The molecule has 2 aromatic rings. The molecule has 0 heterocycles. The average molecular weight is 287 g/mol. The van der Waals surface area contributed by atoms with Gasteiger partial charge in [0, 0.05) is 5.02 Å².